The lowest BCUT2D eigenvalue weighted by molar-refractivity contribution is 0.816. The molecule has 0 aromatic rings. The molecule has 0 saturated carbocycles. The number of allylic oxidation sites excluding steroid dienone is 4. The summed E-state index contributed by atoms with van der Waals surface area (Å²) in [5.41, 5.74) is 0. The molecule has 0 aliphatic carbocycles. The van der Waals surface area contributed by atoms with Crippen molar-refractivity contribution in [1.82, 2.24) is 0 Å². The molecule has 0 amide bonds. The average Bonchev–Trinajstić information content (AvgIpc) is 2.12. The van der Waals surface area contributed by atoms with Crippen molar-refractivity contribution in [2.24, 2.45) is 0 Å². The first-order valence-corrected chi connectivity index (χ1v) is 4.66. The van der Waals surface area contributed by atoms with Gasteiger partial charge in [-0.2, -0.15) is 0 Å². The molecular weight excluding hydrogens is 144 g/mol. The molecule has 0 aromatic carbocycles. The second-order valence-corrected chi connectivity index (χ2v) is 2.52. The third kappa shape index (κ3) is 22.9. The van der Waals surface area contributed by atoms with Crippen LogP contribution in [0, 0.1) is 0 Å². The Kier molecular flexibility index (Phi) is 19.1. The van der Waals surface area contributed by atoms with E-state index in [-0.39, 0.29) is 0 Å². The fourth-order valence-electron chi connectivity index (χ4n) is 0.581. The molecule has 0 fully saturated rings. The minimum absolute atomic E-state index is 0.997. The van der Waals surface area contributed by atoms with E-state index in [4.69, 9.17) is 0 Å². The lowest BCUT2D eigenvalue weighted by Crippen LogP contribution is -1.61. The second kappa shape index (κ2) is 16.7. The van der Waals surface area contributed by atoms with Crippen LogP contribution >= 0.6 is 0 Å². The summed E-state index contributed by atoms with van der Waals surface area (Å²) in [4.78, 5) is 0. The van der Waals surface area contributed by atoms with Gasteiger partial charge in [0.2, 0.25) is 0 Å². The van der Waals surface area contributed by atoms with Gasteiger partial charge in [-0.05, 0) is 19.8 Å². The average molecular weight is 166 g/mol. The van der Waals surface area contributed by atoms with E-state index in [2.05, 4.69) is 26.2 Å². The molecule has 0 aliphatic heterocycles. The van der Waals surface area contributed by atoms with Gasteiger partial charge < -0.3 is 0 Å². The number of hydrogen-bond donors (Lipinski definition) is 0. The zero-order chi connectivity index (χ0) is 9.66. The summed E-state index contributed by atoms with van der Waals surface area (Å²) in [6, 6.07) is 0. The van der Waals surface area contributed by atoms with Crippen LogP contribution in [0.5, 0.6) is 0 Å². The Morgan fingerprint density at radius 1 is 1.17 bits per heavy atom. The summed E-state index contributed by atoms with van der Waals surface area (Å²) < 4.78 is 0. The van der Waals surface area contributed by atoms with Crippen molar-refractivity contribution in [2.45, 2.75) is 39.5 Å². The lowest BCUT2D eigenvalue weighted by atomic mass is 10.3. The van der Waals surface area contributed by atoms with Gasteiger partial charge in [0, 0.05) is 0 Å². The van der Waals surface area contributed by atoms with Crippen molar-refractivity contribution in [3.63, 3.8) is 0 Å². The van der Waals surface area contributed by atoms with Crippen molar-refractivity contribution in [3.05, 3.63) is 37.5 Å². The lowest BCUT2D eigenvalue weighted by Gasteiger charge is -1.81. The van der Waals surface area contributed by atoms with Crippen molar-refractivity contribution in [3.8, 4) is 0 Å². The summed E-state index contributed by atoms with van der Waals surface area (Å²) in [7, 11) is 0. The van der Waals surface area contributed by atoms with E-state index in [9.17, 15) is 0 Å². The molecule has 0 rings (SSSR count). The van der Waals surface area contributed by atoms with Crippen LogP contribution in [0.4, 0.5) is 0 Å². The van der Waals surface area contributed by atoms with E-state index in [1.165, 1.54) is 19.3 Å². The summed E-state index contributed by atoms with van der Waals surface area (Å²) in [5.74, 6) is 0. The van der Waals surface area contributed by atoms with E-state index in [0.717, 1.165) is 6.42 Å². The highest BCUT2D eigenvalue weighted by Gasteiger charge is 1.71. The van der Waals surface area contributed by atoms with Crippen LogP contribution in [-0.4, -0.2) is 0 Å². The quantitative estimate of drug-likeness (QED) is 0.416. The van der Waals surface area contributed by atoms with Gasteiger partial charge in [0.15, 0.2) is 0 Å². The molecule has 70 valence electrons. The Morgan fingerprint density at radius 2 is 1.83 bits per heavy atom. The standard InChI is InChI=1S/C6H12.C6H10/c2*1-3-5-6-4-2/h3H,1,4-6H2,2H3;3-4,6H,1,5H2,2H3/b;6-4+. The van der Waals surface area contributed by atoms with Crippen LogP contribution < -0.4 is 0 Å². The first kappa shape index (κ1) is 13.8. The molecule has 0 saturated heterocycles. The summed E-state index contributed by atoms with van der Waals surface area (Å²) >= 11 is 0. The first-order valence-electron chi connectivity index (χ1n) is 4.66. The predicted molar refractivity (Wildman–Crippen MR) is 59.4 cm³/mol. The van der Waals surface area contributed by atoms with Crippen LogP contribution in [-0.2, 0) is 0 Å². The van der Waals surface area contributed by atoms with Crippen molar-refractivity contribution in [2.75, 3.05) is 0 Å². The van der Waals surface area contributed by atoms with Crippen LogP contribution in [0.2, 0.25) is 0 Å². The molecule has 0 heteroatoms. The maximum atomic E-state index is 3.60. The first-order chi connectivity index (χ1) is 5.83. The van der Waals surface area contributed by atoms with Crippen molar-refractivity contribution < 1.29 is 0 Å². The van der Waals surface area contributed by atoms with Gasteiger partial charge in [0.05, 0.1) is 0 Å². The van der Waals surface area contributed by atoms with Crippen LogP contribution in [0.15, 0.2) is 37.5 Å². The third-order valence-electron chi connectivity index (χ3n) is 1.30. The zero-order valence-electron chi connectivity index (χ0n) is 8.55. The van der Waals surface area contributed by atoms with Gasteiger partial charge in [0.1, 0.15) is 0 Å². The summed E-state index contributed by atoms with van der Waals surface area (Å²) in [6.07, 6.45) is 12.7. The number of hydrogen-bond acceptors (Lipinski definition) is 0. The zero-order valence-corrected chi connectivity index (χ0v) is 8.55. The van der Waals surface area contributed by atoms with Gasteiger partial charge in [-0.3, -0.25) is 0 Å². The molecule has 0 bridgehead atoms. The highest BCUT2D eigenvalue weighted by Crippen LogP contribution is 1.91. The highest BCUT2D eigenvalue weighted by atomic mass is 13.8. The maximum absolute atomic E-state index is 3.60. The van der Waals surface area contributed by atoms with Gasteiger partial charge in [0.25, 0.3) is 0 Å². The topological polar surface area (TPSA) is 0 Å². The predicted octanol–water partition coefficient (Wildman–Crippen LogP) is 4.50. The molecule has 0 nitrogen and oxygen atoms in total. The molecule has 0 radical (unpaired) electrons. The van der Waals surface area contributed by atoms with Gasteiger partial charge in [-0.25, -0.2) is 0 Å². The summed E-state index contributed by atoms with van der Waals surface area (Å²) in [5, 5.41) is 0. The van der Waals surface area contributed by atoms with Gasteiger partial charge in [-0.1, -0.05) is 44.1 Å². The molecule has 0 N–H and O–H groups in total. The van der Waals surface area contributed by atoms with E-state index in [0.29, 0.717) is 0 Å². The normalized spacial score (nSPS) is 8.83. The largest absolute Gasteiger partial charge is 0.103 e. The Balaban J connectivity index is 0. The minimum atomic E-state index is 0.997. The molecular formula is C12H22. The smallest absolute Gasteiger partial charge is 0.0172 e. The Labute approximate surface area is 77.7 Å². The van der Waals surface area contributed by atoms with Crippen LogP contribution in [0.3, 0.4) is 0 Å². The molecule has 0 spiro atoms. The van der Waals surface area contributed by atoms with E-state index < -0.39 is 0 Å². The Bertz CT molecular complexity index is 109. The molecule has 12 heavy (non-hydrogen) atoms. The van der Waals surface area contributed by atoms with Crippen molar-refractivity contribution >= 4 is 0 Å². The van der Waals surface area contributed by atoms with E-state index in [1.807, 2.05) is 25.2 Å². The Hall–Kier alpha value is -0.780. The van der Waals surface area contributed by atoms with Gasteiger partial charge >= 0.3 is 0 Å². The van der Waals surface area contributed by atoms with Gasteiger partial charge in [-0.15, -0.1) is 13.2 Å². The second-order valence-electron chi connectivity index (χ2n) is 2.52. The minimum Gasteiger partial charge on any atom is -0.103 e. The number of rotatable bonds is 5. The molecule has 0 unspecified atom stereocenters. The van der Waals surface area contributed by atoms with Crippen molar-refractivity contribution in [1.29, 1.82) is 0 Å². The molecule has 0 heterocycles. The van der Waals surface area contributed by atoms with E-state index >= 15 is 0 Å². The highest BCUT2D eigenvalue weighted by molar-refractivity contribution is 4.85. The van der Waals surface area contributed by atoms with E-state index in [1.54, 1.807) is 0 Å². The monoisotopic (exact) mass is 166 g/mol. The summed E-state index contributed by atoms with van der Waals surface area (Å²) in [6.45, 7) is 11.3. The Morgan fingerprint density at radius 3 is 2.00 bits per heavy atom. The maximum Gasteiger partial charge on any atom is -0.0172 e. The van der Waals surface area contributed by atoms with Crippen LogP contribution in [0.25, 0.3) is 0 Å². The SMILES string of the molecule is C=CC/C=C/C.C=CCCCC. The number of unbranched alkanes of at least 4 members (excludes halogenated alkanes) is 2. The molecule has 0 atom stereocenters. The molecule has 0 aromatic heterocycles. The molecule has 0 aliphatic rings. The van der Waals surface area contributed by atoms with Crippen LogP contribution in [0.1, 0.15) is 39.5 Å². The third-order valence-corrected chi connectivity index (χ3v) is 1.30. The fraction of sp³-hybridized carbons (Fsp3) is 0.500. The fourth-order valence-corrected chi connectivity index (χ4v) is 0.581.